The first kappa shape index (κ1) is 25.6. The molecule has 0 N–H and O–H groups in total. The third-order valence-corrected chi connectivity index (χ3v) is 6.18. The molecule has 9 nitrogen and oxygen atoms in total. The Morgan fingerprint density at radius 2 is 2.00 bits per heavy atom. The Morgan fingerprint density at radius 3 is 2.69 bits per heavy atom. The molecule has 0 radical (unpaired) electrons. The first-order valence-corrected chi connectivity index (χ1v) is 12.3. The minimum atomic E-state index is -0.536. The number of carbonyl (C=O) groups excluding carboxylic acids is 1. The van der Waals surface area contributed by atoms with Gasteiger partial charge in [0.25, 0.3) is 0 Å². The van der Waals surface area contributed by atoms with Crippen LogP contribution in [0.5, 0.6) is 5.75 Å². The molecule has 0 saturated carbocycles. The molecule has 3 heterocycles. The second-order valence-corrected chi connectivity index (χ2v) is 10.1. The average molecular weight is 494 g/mol. The number of carbonyl (C=O) groups is 1. The Bertz CT molecular complexity index is 1220. The van der Waals surface area contributed by atoms with Gasteiger partial charge in [0.2, 0.25) is 0 Å². The Morgan fingerprint density at radius 1 is 1.22 bits per heavy atom. The van der Waals surface area contributed by atoms with Crippen LogP contribution >= 0.6 is 0 Å². The van der Waals surface area contributed by atoms with Crippen LogP contribution in [-0.2, 0) is 16.0 Å². The zero-order chi connectivity index (χ0) is 25.8. The smallest absolute Gasteiger partial charge is 0.410 e. The van der Waals surface area contributed by atoms with Crippen LogP contribution in [0.15, 0.2) is 42.9 Å². The number of fused-ring (bicyclic) bond motifs is 1. The maximum Gasteiger partial charge on any atom is 0.410 e. The summed E-state index contributed by atoms with van der Waals surface area (Å²) in [6.07, 6.45) is 7.92. The molecule has 1 amide bonds. The second kappa shape index (κ2) is 10.7. The van der Waals surface area contributed by atoms with Crippen molar-refractivity contribution in [2.24, 2.45) is 5.41 Å². The van der Waals surface area contributed by atoms with E-state index in [1.54, 1.807) is 18.2 Å². The van der Waals surface area contributed by atoms with E-state index >= 15 is 0 Å². The highest BCUT2D eigenvalue weighted by molar-refractivity contribution is 5.73. The van der Waals surface area contributed by atoms with Gasteiger partial charge >= 0.3 is 6.09 Å². The fraction of sp³-hybridized carbons (Fsp3) is 0.481. The standard InChI is InChI=1S/C27H35N5O4/c1-6-35-18-27(13-14-31(17-27)25(33)36-26(2,3)4)12-11-23-30-24-22(15-28-19-29-24)32(23)16-20-7-9-21(34-5)10-8-20/h7-12,15,19H,6,13-14,16-18H2,1-5H3/b12-11+/t27-/m1/s1. The molecule has 9 heteroatoms. The normalized spacial score (nSPS) is 18.3. The number of methoxy groups -OCH3 is 1. The summed E-state index contributed by atoms with van der Waals surface area (Å²) >= 11 is 0. The van der Waals surface area contributed by atoms with Crippen LogP contribution in [-0.4, -0.2) is 69.5 Å². The van der Waals surface area contributed by atoms with E-state index in [0.29, 0.717) is 38.5 Å². The Labute approximate surface area is 212 Å². The first-order chi connectivity index (χ1) is 17.2. The summed E-state index contributed by atoms with van der Waals surface area (Å²) in [4.78, 5) is 27.8. The van der Waals surface area contributed by atoms with Gasteiger partial charge in [0.1, 0.15) is 29.0 Å². The Balaban J connectivity index is 1.62. The quantitative estimate of drug-likeness (QED) is 0.454. The van der Waals surface area contributed by atoms with E-state index < -0.39 is 5.60 Å². The van der Waals surface area contributed by atoms with Gasteiger partial charge in [-0.15, -0.1) is 0 Å². The molecule has 1 saturated heterocycles. The molecule has 1 fully saturated rings. The summed E-state index contributed by atoms with van der Waals surface area (Å²) in [7, 11) is 1.66. The molecule has 1 aromatic carbocycles. The highest BCUT2D eigenvalue weighted by atomic mass is 16.6. The van der Waals surface area contributed by atoms with E-state index in [9.17, 15) is 4.79 Å². The van der Waals surface area contributed by atoms with Gasteiger partial charge in [0, 0.05) is 31.7 Å². The zero-order valence-electron chi connectivity index (χ0n) is 21.7. The monoisotopic (exact) mass is 493 g/mol. The van der Waals surface area contributed by atoms with Crippen molar-refractivity contribution in [3.63, 3.8) is 0 Å². The highest BCUT2D eigenvalue weighted by Gasteiger charge is 2.40. The third kappa shape index (κ3) is 6.02. The Hall–Kier alpha value is -3.46. The van der Waals surface area contributed by atoms with Crippen molar-refractivity contribution < 1.29 is 19.0 Å². The zero-order valence-corrected chi connectivity index (χ0v) is 21.7. The molecule has 36 heavy (non-hydrogen) atoms. The summed E-state index contributed by atoms with van der Waals surface area (Å²) in [5.74, 6) is 1.58. The predicted molar refractivity (Wildman–Crippen MR) is 138 cm³/mol. The fourth-order valence-corrected chi connectivity index (χ4v) is 4.33. The molecule has 2 aromatic heterocycles. The lowest BCUT2D eigenvalue weighted by Crippen LogP contribution is -2.37. The van der Waals surface area contributed by atoms with Crippen LogP contribution in [0.4, 0.5) is 4.79 Å². The number of aromatic nitrogens is 4. The minimum Gasteiger partial charge on any atom is -0.497 e. The van der Waals surface area contributed by atoms with Crippen LogP contribution in [0.3, 0.4) is 0 Å². The molecular weight excluding hydrogens is 458 g/mol. The van der Waals surface area contributed by atoms with E-state index in [1.165, 1.54) is 6.33 Å². The van der Waals surface area contributed by atoms with Gasteiger partial charge < -0.3 is 23.7 Å². The van der Waals surface area contributed by atoms with E-state index in [0.717, 1.165) is 29.1 Å². The van der Waals surface area contributed by atoms with Crippen LogP contribution in [0, 0.1) is 5.41 Å². The average Bonchev–Trinajstić information content (AvgIpc) is 3.43. The van der Waals surface area contributed by atoms with Crippen molar-refractivity contribution in [3.05, 3.63) is 54.3 Å². The van der Waals surface area contributed by atoms with E-state index in [-0.39, 0.29) is 11.5 Å². The number of imidazole rings is 1. The largest absolute Gasteiger partial charge is 0.497 e. The lowest BCUT2D eigenvalue weighted by Gasteiger charge is -2.27. The third-order valence-electron chi connectivity index (χ3n) is 6.18. The maximum absolute atomic E-state index is 12.7. The second-order valence-electron chi connectivity index (χ2n) is 10.1. The van der Waals surface area contributed by atoms with Gasteiger partial charge in [-0.3, -0.25) is 0 Å². The number of hydrogen-bond acceptors (Lipinski definition) is 7. The van der Waals surface area contributed by atoms with Crippen molar-refractivity contribution in [1.82, 2.24) is 24.4 Å². The summed E-state index contributed by atoms with van der Waals surface area (Å²) in [6.45, 7) is 10.5. The number of amides is 1. The molecular formula is C27H35N5O4. The highest BCUT2D eigenvalue weighted by Crippen LogP contribution is 2.34. The van der Waals surface area contributed by atoms with Gasteiger partial charge in [-0.25, -0.2) is 19.7 Å². The minimum absolute atomic E-state index is 0.295. The molecule has 192 valence electrons. The molecule has 0 bridgehead atoms. The van der Waals surface area contributed by atoms with Crippen molar-refractivity contribution in [2.75, 3.05) is 33.4 Å². The molecule has 0 unspecified atom stereocenters. The van der Waals surface area contributed by atoms with Crippen molar-refractivity contribution in [1.29, 1.82) is 0 Å². The number of hydrogen-bond donors (Lipinski definition) is 0. The summed E-state index contributed by atoms with van der Waals surface area (Å²) < 4.78 is 18.8. The van der Waals surface area contributed by atoms with Gasteiger partial charge in [-0.05, 0) is 57.9 Å². The van der Waals surface area contributed by atoms with E-state index in [4.69, 9.17) is 19.2 Å². The van der Waals surface area contributed by atoms with Gasteiger partial charge in [-0.1, -0.05) is 18.2 Å². The van der Waals surface area contributed by atoms with Gasteiger partial charge in [0.15, 0.2) is 5.65 Å². The molecule has 4 rings (SSSR count). The van der Waals surface area contributed by atoms with Crippen LogP contribution in [0.1, 0.15) is 45.5 Å². The molecule has 3 aromatic rings. The summed E-state index contributed by atoms with van der Waals surface area (Å²) in [5.41, 5.74) is 1.73. The number of ether oxygens (including phenoxy) is 3. The molecule has 1 aliphatic heterocycles. The SMILES string of the molecule is CCOC[C@]1(/C=C/c2nc3ncncc3n2Cc2ccc(OC)cc2)CCN(C(=O)OC(C)(C)C)C1. The summed E-state index contributed by atoms with van der Waals surface area (Å²) in [6, 6.07) is 7.96. The Kier molecular flexibility index (Phi) is 7.59. The van der Waals surface area contributed by atoms with Gasteiger partial charge in [-0.2, -0.15) is 0 Å². The number of benzene rings is 1. The number of rotatable bonds is 8. The van der Waals surface area contributed by atoms with Crippen molar-refractivity contribution in [2.45, 2.75) is 46.3 Å². The molecule has 1 aliphatic rings. The molecule has 0 aliphatic carbocycles. The van der Waals surface area contributed by atoms with E-state index in [1.807, 2.05) is 58.0 Å². The lowest BCUT2D eigenvalue weighted by molar-refractivity contribution is 0.0250. The van der Waals surface area contributed by atoms with Crippen molar-refractivity contribution >= 4 is 23.3 Å². The van der Waals surface area contributed by atoms with E-state index in [2.05, 4.69) is 20.6 Å². The maximum atomic E-state index is 12.7. The topological polar surface area (TPSA) is 91.6 Å². The molecule has 0 spiro atoms. The first-order valence-electron chi connectivity index (χ1n) is 12.3. The van der Waals surface area contributed by atoms with Crippen LogP contribution in [0.2, 0.25) is 0 Å². The van der Waals surface area contributed by atoms with Gasteiger partial charge in [0.05, 0.1) is 19.9 Å². The van der Waals surface area contributed by atoms with Crippen LogP contribution in [0.25, 0.3) is 17.2 Å². The number of nitrogens with zero attached hydrogens (tertiary/aromatic N) is 5. The molecule has 1 atom stereocenters. The lowest BCUT2D eigenvalue weighted by atomic mass is 9.87. The summed E-state index contributed by atoms with van der Waals surface area (Å²) in [5, 5.41) is 0. The fourth-order valence-electron chi connectivity index (χ4n) is 4.33. The number of likely N-dealkylation sites (tertiary alicyclic amines) is 1. The van der Waals surface area contributed by atoms with Crippen LogP contribution < -0.4 is 4.74 Å². The predicted octanol–water partition coefficient (Wildman–Crippen LogP) is 4.56. The van der Waals surface area contributed by atoms with Crippen molar-refractivity contribution in [3.8, 4) is 5.75 Å².